The number of hydrogen-bond acceptors (Lipinski definition) is 6. The van der Waals surface area contributed by atoms with Crippen LogP contribution in [0.2, 0.25) is 0 Å². The van der Waals surface area contributed by atoms with E-state index < -0.39 is 0 Å². The highest BCUT2D eigenvalue weighted by atomic mass is 16.7. The molecule has 1 aliphatic rings. The lowest BCUT2D eigenvalue weighted by molar-refractivity contribution is 0.0954. The molecule has 3 aromatic rings. The third-order valence-electron chi connectivity index (χ3n) is 5.07. The molecular formula is C23H23N3O5. The van der Waals surface area contributed by atoms with E-state index in [1.807, 2.05) is 38.1 Å². The average molecular weight is 421 g/mol. The van der Waals surface area contributed by atoms with Gasteiger partial charge >= 0.3 is 0 Å². The van der Waals surface area contributed by atoms with Gasteiger partial charge in [-0.25, -0.2) is 5.43 Å². The van der Waals surface area contributed by atoms with Gasteiger partial charge in [-0.2, -0.15) is 5.10 Å². The predicted octanol–water partition coefficient (Wildman–Crippen LogP) is 3.60. The van der Waals surface area contributed by atoms with Crippen molar-refractivity contribution in [3.8, 4) is 28.7 Å². The van der Waals surface area contributed by atoms with Gasteiger partial charge in [0.25, 0.3) is 5.91 Å². The number of methoxy groups -OCH3 is 2. The first-order valence-corrected chi connectivity index (χ1v) is 9.65. The molecule has 4 rings (SSSR count). The Hall–Kier alpha value is -3.94. The van der Waals surface area contributed by atoms with Crippen LogP contribution in [0.5, 0.6) is 23.0 Å². The molecule has 0 unspecified atom stereocenters. The molecule has 1 aromatic heterocycles. The Labute approximate surface area is 180 Å². The van der Waals surface area contributed by atoms with Crippen LogP contribution in [-0.2, 0) is 0 Å². The Morgan fingerprint density at radius 3 is 2.45 bits per heavy atom. The number of aryl methyl sites for hydroxylation is 1. The monoisotopic (exact) mass is 421 g/mol. The molecule has 0 radical (unpaired) electrons. The standard InChI is InChI=1S/C23H23N3O5/c1-14-7-17(15(2)26(14)18-5-6-21-22(10-18)31-13-30-21)12-24-25-23(27)16-8-19(28-3)11-20(9-16)29-4/h5-12H,13H2,1-4H3,(H,25,27). The molecule has 1 amide bonds. The summed E-state index contributed by atoms with van der Waals surface area (Å²) in [6.45, 7) is 4.24. The molecule has 0 bridgehead atoms. The van der Waals surface area contributed by atoms with E-state index in [0.29, 0.717) is 17.1 Å². The lowest BCUT2D eigenvalue weighted by Gasteiger charge is -2.10. The van der Waals surface area contributed by atoms with Gasteiger partial charge in [0.15, 0.2) is 11.5 Å². The molecule has 0 atom stereocenters. The smallest absolute Gasteiger partial charge is 0.271 e. The van der Waals surface area contributed by atoms with Gasteiger partial charge in [-0.15, -0.1) is 0 Å². The summed E-state index contributed by atoms with van der Waals surface area (Å²) >= 11 is 0. The van der Waals surface area contributed by atoms with E-state index in [0.717, 1.165) is 34.1 Å². The number of fused-ring (bicyclic) bond motifs is 1. The van der Waals surface area contributed by atoms with Gasteiger partial charge in [-0.1, -0.05) is 0 Å². The van der Waals surface area contributed by atoms with E-state index in [1.165, 1.54) is 14.2 Å². The van der Waals surface area contributed by atoms with Gasteiger partial charge in [0.1, 0.15) is 11.5 Å². The topological polar surface area (TPSA) is 83.3 Å². The molecule has 0 saturated carbocycles. The fourth-order valence-electron chi connectivity index (χ4n) is 3.50. The third-order valence-corrected chi connectivity index (χ3v) is 5.07. The normalized spacial score (nSPS) is 12.3. The van der Waals surface area contributed by atoms with E-state index in [9.17, 15) is 4.79 Å². The van der Waals surface area contributed by atoms with Crippen molar-refractivity contribution in [1.29, 1.82) is 0 Å². The van der Waals surface area contributed by atoms with Crippen molar-refractivity contribution in [2.75, 3.05) is 21.0 Å². The quantitative estimate of drug-likeness (QED) is 0.486. The van der Waals surface area contributed by atoms with Crippen molar-refractivity contribution < 1.29 is 23.7 Å². The van der Waals surface area contributed by atoms with E-state index in [2.05, 4.69) is 15.1 Å². The number of ether oxygens (including phenoxy) is 4. The van der Waals surface area contributed by atoms with Crippen molar-refractivity contribution >= 4 is 12.1 Å². The molecule has 2 aromatic carbocycles. The summed E-state index contributed by atoms with van der Waals surface area (Å²) in [4.78, 5) is 12.5. The molecule has 0 spiro atoms. The summed E-state index contributed by atoms with van der Waals surface area (Å²) in [5, 5.41) is 4.13. The summed E-state index contributed by atoms with van der Waals surface area (Å²) in [6, 6.07) is 12.8. The number of carbonyl (C=O) groups excluding carboxylic acids is 1. The third kappa shape index (κ3) is 4.05. The molecule has 8 heteroatoms. The molecule has 0 saturated heterocycles. The zero-order valence-corrected chi connectivity index (χ0v) is 17.8. The van der Waals surface area contributed by atoms with Gasteiger partial charge in [0.05, 0.1) is 20.4 Å². The second-order valence-corrected chi connectivity index (χ2v) is 7.00. The van der Waals surface area contributed by atoms with Crippen LogP contribution in [0.4, 0.5) is 0 Å². The first-order valence-electron chi connectivity index (χ1n) is 9.65. The van der Waals surface area contributed by atoms with E-state index in [1.54, 1.807) is 24.4 Å². The van der Waals surface area contributed by atoms with Crippen molar-refractivity contribution in [3.05, 3.63) is 65.0 Å². The Bertz CT molecular complexity index is 1140. The van der Waals surface area contributed by atoms with Crippen LogP contribution in [-0.4, -0.2) is 37.7 Å². The van der Waals surface area contributed by atoms with Gasteiger partial charge in [-0.05, 0) is 44.2 Å². The maximum Gasteiger partial charge on any atom is 0.271 e. The maximum absolute atomic E-state index is 12.5. The van der Waals surface area contributed by atoms with E-state index >= 15 is 0 Å². The summed E-state index contributed by atoms with van der Waals surface area (Å²) in [5.74, 6) is 2.16. The molecule has 0 fully saturated rings. The number of benzene rings is 2. The van der Waals surface area contributed by atoms with Crippen LogP contribution in [0.3, 0.4) is 0 Å². The number of nitrogens with one attached hydrogen (secondary N) is 1. The highest BCUT2D eigenvalue weighted by Gasteiger charge is 2.16. The Balaban J connectivity index is 1.53. The predicted molar refractivity (Wildman–Crippen MR) is 116 cm³/mol. The van der Waals surface area contributed by atoms with Gasteiger partial charge < -0.3 is 23.5 Å². The Kier molecular flexibility index (Phi) is 5.53. The summed E-state index contributed by atoms with van der Waals surface area (Å²) < 4.78 is 23.4. The van der Waals surface area contributed by atoms with Crippen LogP contribution in [0.25, 0.3) is 5.69 Å². The van der Waals surface area contributed by atoms with Crippen molar-refractivity contribution in [2.45, 2.75) is 13.8 Å². The lowest BCUT2D eigenvalue weighted by atomic mass is 10.2. The Morgan fingerprint density at radius 2 is 1.74 bits per heavy atom. The minimum atomic E-state index is -0.363. The van der Waals surface area contributed by atoms with Crippen molar-refractivity contribution in [2.24, 2.45) is 5.10 Å². The number of amides is 1. The minimum absolute atomic E-state index is 0.235. The van der Waals surface area contributed by atoms with Crippen molar-refractivity contribution in [3.63, 3.8) is 0 Å². The van der Waals surface area contributed by atoms with E-state index in [-0.39, 0.29) is 12.7 Å². The molecular weight excluding hydrogens is 398 g/mol. The minimum Gasteiger partial charge on any atom is -0.497 e. The van der Waals surface area contributed by atoms with Crippen molar-refractivity contribution in [1.82, 2.24) is 9.99 Å². The van der Waals surface area contributed by atoms with Crippen LogP contribution >= 0.6 is 0 Å². The maximum atomic E-state index is 12.5. The zero-order valence-electron chi connectivity index (χ0n) is 17.8. The number of aromatic nitrogens is 1. The van der Waals surface area contributed by atoms with Crippen LogP contribution in [0.15, 0.2) is 47.6 Å². The van der Waals surface area contributed by atoms with Crippen LogP contribution in [0, 0.1) is 13.8 Å². The molecule has 160 valence electrons. The highest BCUT2D eigenvalue weighted by molar-refractivity contribution is 5.95. The van der Waals surface area contributed by atoms with Gasteiger partial charge in [-0.3, -0.25) is 4.79 Å². The zero-order chi connectivity index (χ0) is 22.0. The Morgan fingerprint density at radius 1 is 1.03 bits per heavy atom. The largest absolute Gasteiger partial charge is 0.497 e. The highest BCUT2D eigenvalue weighted by Crippen LogP contribution is 2.34. The first-order chi connectivity index (χ1) is 15.0. The first kappa shape index (κ1) is 20.3. The van der Waals surface area contributed by atoms with Crippen LogP contribution < -0.4 is 24.4 Å². The molecule has 8 nitrogen and oxygen atoms in total. The number of nitrogens with zero attached hydrogens (tertiary/aromatic N) is 2. The van der Waals surface area contributed by atoms with E-state index in [4.69, 9.17) is 18.9 Å². The SMILES string of the molecule is COc1cc(OC)cc(C(=O)NN=Cc2cc(C)n(-c3ccc4c(c3)OCO4)c2C)c1. The molecule has 2 heterocycles. The fraction of sp³-hybridized carbons (Fsp3) is 0.217. The molecule has 1 N–H and O–H groups in total. The number of hydrazone groups is 1. The van der Waals surface area contributed by atoms with Gasteiger partial charge in [0.2, 0.25) is 6.79 Å². The summed E-state index contributed by atoms with van der Waals surface area (Å²) in [6.07, 6.45) is 1.63. The second-order valence-electron chi connectivity index (χ2n) is 7.00. The molecule has 31 heavy (non-hydrogen) atoms. The second kappa shape index (κ2) is 8.43. The summed E-state index contributed by atoms with van der Waals surface area (Å²) in [5.41, 5.74) is 6.81. The average Bonchev–Trinajstić information content (AvgIpc) is 3.36. The number of rotatable bonds is 6. The summed E-state index contributed by atoms with van der Waals surface area (Å²) in [7, 11) is 3.06. The van der Waals surface area contributed by atoms with Crippen LogP contribution in [0.1, 0.15) is 27.3 Å². The molecule has 0 aliphatic carbocycles. The fourth-order valence-corrected chi connectivity index (χ4v) is 3.50. The molecule has 1 aliphatic heterocycles. The number of carbonyl (C=O) groups is 1. The lowest BCUT2D eigenvalue weighted by Crippen LogP contribution is -2.17. The number of hydrogen-bond donors (Lipinski definition) is 1. The van der Waals surface area contributed by atoms with Gasteiger partial charge in [0, 0.05) is 40.3 Å².